The molecule has 0 bridgehead atoms. The third-order valence-electron chi connectivity index (χ3n) is 9.67. The van der Waals surface area contributed by atoms with Gasteiger partial charge in [-0.1, -0.05) is 201 Å². The molecule has 6 heteroatoms. The lowest BCUT2D eigenvalue weighted by molar-refractivity contribution is -0.167. The maximum absolute atomic E-state index is 12.7. The van der Waals surface area contributed by atoms with Gasteiger partial charge in [-0.25, -0.2) is 0 Å². The molecule has 0 spiro atoms. The molecule has 60 heavy (non-hydrogen) atoms. The highest BCUT2D eigenvalue weighted by molar-refractivity contribution is 5.71. The molecule has 0 fully saturated rings. The molecule has 0 N–H and O–H groups in total. The first-order valence-electron chi connectivity index (χ1n) is 24.0. The highest BCUT2D eigenvalue weighted by Gasteiger charge is 2.19. The van der Waals surface area contributed by atoms with E-state index in [2.05, 4.69) is 69.4 Å². The predicted molar refractivity (Wildman–Crippen MR) is 256 cm³/mol. The molecule has 0 saturated heterocycles. The van der Waals surface area contributed by atoms with Crippen LogP contribution in [0.25, 0.3) is 0 Å². The van der Waals surface area contributed by atoms with Crippen molar-refractivity contribution in [2.24, 2.45) is 0 Å². The minimum Gasteiger partial charge on any atom is -0.462 e. The van der Waals surface area contributed by atoms with E-state index in [4.69, 9.17) is 14.2 Å². The molecule has 1 atom stereocenters. The Bertz CT molecular complexity index is 1280. The lowest BCUT2D eigenvalue weighted by Gasteiger charge is -2.18. The number of carbonyl (C=O) groups is 3. The zero-order valence-electron chi connectivity index (χ0n) is 38.4. The van der Waals surface area contributed by atoms with E-state index in [9.17, 15) is 14.4 Å². The average Bonchev–Trinajstić information content (AvgIpc) is 3.24. The van der Waals surface area contributed by atoms with Gasteiger partial charge >= 0.3 is 17.9 Å². The van der Waals surface area contributed by atoms with Crippen LogP contribution in [0, 0.1) is 0 Å². The average molecular weight is 831 g/mol. The summed E-state index contributed by atoms with van der Waals surface area (Å²) >= 11 is 0. The summed E-state index contributed by atoms with van der Waals surface area (Å²) < 4.78 is 16.6. The van der Waals surface area contributed by atoms with Crippen LogP contribution in [0.3, 0.4) is 0 Å². The highest BCUT2D eigenvalue weighted by Crippen LogP contribution is 2.11. The first-order chi connectivity index (χ1) is 29.5. The molecule has 0 radical (unpaired) electrons. The van der Waals surface area contributed by atoms with Crippen LogP contribution < -0.4 is 0 Å². The van der Waals surface area contributed by atoms with Crippen molar-refractivity contribution < 1.29 is 28.6 Å². The zero-order valence-corrected chi connectivity index (χ0v) is 38.4. The Morgan fingerprint density at radius 1 is 0.350 bits per heavy atom. The molecule has 1 unspecified atom stereocenters. The van der Waals surface area contributed by atoms with Crippen molar-refractivity contribution in [3.05, 3.63) is 109 Å². The van der Waals surface area contributed by atoms with Gasteiger partial charge in [0.1, 0.15) is 13.2 Å². The molecule has 0 aliphatic carbocycles. The molecule has 0 saturated carbocycles. The fourth-order valence-corrected chi connectivity index (χ4v) is 6.05. The second-order valence-electron chi connectivity index (χ2n) is 15.5. The molecule has 0 aromatic heterocycles. The summed E-state index contributed by atoms with van der Waals surface area (Å²) in [6.07, 6.45) is 63.6. The summed E-state index contributed by atoms with van der Waals surface area (Å²) in [6, 6.07) is 0. The molecule has 0 aromatic carbocycles. The van der Waals surface area contributed by atoms with Crippen molar-refractivity contribution in [2.45, 2.75) is 200 Å². The van der Waals surface area contributed by atoms with E-state index in [1.165, 1.54) is 70.6 Å². The second kappa shape index (κ2) is 47.7. The van der Waals surface area contributed by atoms with Gasteiger partial charge in [-0.15, -0.1) is 0 Å². The predicted octanol–water partition coefficient (Wildman–Crippen LogP) is 15.6. The third kappa shape index (κ3) is 45.2. The summed E-state index contributed by atoms with van der Waals surface area (Å²) in [5.41, 5.74) is 0. The molecule has 338 valence electrons. The fraction of sp³-hybridized carbons (Fsp3) is 0.611. The monoisotopic (exact) mass is 831 g/mol. The van der Waals surface area contributed by atoms with Crippen LogP contribution in [0.5, 0.6) is 0 Å². The van der Waals surface area contributed by atoms with Crippen molar-refractivity contribution in [1.82, 2.24) is 0 Å². The Balaban J connectivity index is 4.54. The molecule has 0 aromatic rings. The standard InChI is InChI=1S/C54H86O6/c1-4-7-10-13-16-19-21-23-25-27-29-30-32-35-38-41-44-47-53(56)59-50-51(49-58-52(55)46-43-40-37-34-18-15-12-9-6-3)60-54(57)48-45-42-39-36-33-31-28-26-24-22-20-17-14-11-8-5-2/h7,10,13,16,19,21,23,25-34,37,51H,4-6,8-9,11-12,14-15,17-18,20,22,24,35-36,38-50H2,1-3H3/b10-7-,16-13-,21-19-,25-23-,28-26-,29-27+,32-30-,33-31-,37-34-. The van der Waals surface area contributed by atoms with Gasteiger partial charge in [-0.2, -0.15) is 0 Å². The molecule has 0 rings (SSSR count). The lowest BCUT2D eigenvalue weighted by atomic mass is 10.1. The molecule has 0 aliphatic heterocycles. The summed E-state index contributed by atoms with van der Waals surface area (Å²) in [4.78, 5) is 37.8. The minimum absolute atomic E-state index is 0.121. The van der Waals surface area contributed by atoms with E-state index >= 15 is 0 Å². The van der Waals surface area contributed by atoms with Gasteiger partial charge in [-0.3, -0.25) is 14.4 Å². The second-order valence-corrected chi connectivity index (χ2v) is 15.5. The number of ether oxygens (including phenoxy) is 3. The molecule has 0 amide bonds. The number of esters is 3. The number of carbonyl (C=O) groups excluding carboxylic acids is 3. The van der Waals surface area contributed by atoms with Crippen LogP contribution >= 0.6 is 0 Å². The lowest BCUT2D eigenvalue weighted by Crippen LogP contribution is -2.30. The van der Waals surface area contributed by atoms with Crippen molar-refractivity contribution >= 4 is 17.9 Å². The first-order valence-corrected chi connectivity index (χ1v) is 24.0. The van der Waals surface area contributed by atoms with E-state index in [-0.39, 0.29) is 37.5 Å². The number of allylic oxidation sites excluding steroid dienone is 18. The van der Waals surface area contributed by atoms with Crippen LogP contribution in [0.15, 0.2) is 109 Å². The molecular formula is C54H86O6. The van der Waals surface area contributed by atoms with Crippen molar-refractivity contribution in [3.63, 3.8) is 0 Å². The van der Waals surface area contributed by atoms with Crippen LogP contribution in [0.1, 0.15) is 194 Å². The Morgan fingerprint density at radius 2 is 0.683 bits per heavy atom. The van der Waals surface area contributed by atoms with Crippen LogP contribution in [0.2, 0.25) is 0 Å². The Hall–Kier alpha value is -3.93. The van der Waals surface area contributed by atoms with Gasteiger partial charge in [0.15, 0.2) is 6.10 Å². The summed E-state index contributed by atoms with van der Waals surface area (Å²) in [6.45, 7) is 6.34. The van der Waals surface area contributed by atoms with Gasteiger partial charge in [-0.05, 0) is 83.5 Å². The van der Waals surface area contributed by atoms with E-state index < -0.39 is 6.10 Å². The number of hydrogen-bond acceptors (Lipinski definition) is 6. The number of hydrogen-bond donors (Lipinski definition) is 0. The van der Waals surface area contributed by atoms with E-state index in [0.29, 0.717) is 19.3 Å². The topological polar surface area (TPSA) is 78.9 Å². The summed E-state index contributed by atoms with van der Waals surface area (Å²) in [7, 11) is 0. The van der Waals surface area contributed by atoms with Crippen molar-refractivity contribution in [2.75, 3.05) is 13.2 Å². The largest absolute Gasteiger partial charge is 0.462 e. The summed E-state index contributed by atoms with van der Waals surface area (Å²) in [5, 5.41) is 0. The molecular weight excluding hydrogens is 745 g/mol. The maximum atomic E-state index is 12.7. The van der Waals surface area contributed by atoms with Gasteiger partial charge in [0, 0.05) is 19.3 Å². The van der Waals surface area contributed by atoms with E-state index in [1.54, 1.807) is 0 Å². The summed E-state index contributed by atoms with van der Waals surface area (Å²) in [5.74, 6) is -1.03. The fourth-order valence-electron chi connectivity index (χ4n) is 6.05. The molecule has 6 nitrogen and oxygen atoms in total. The molecule has 0 heterocycles. The van der Waals surface area contributed by atoms with Gasteiger partial charge in [0.25, 0.3) is 0 Å². The van der Waals surface area contributed by atoms with Crippen LogP contribution in [0.4, 0.5) is 0 Å². The van der Waals surface area contributed by atoms with Gasteiger partial charge < -0.3 is 14.2 Å². The van der Waals surface area contributed by atoms with Crippen molar-refractivity contribution in [3.8, 4) is 0 Å². The van der Waals surface area contributed by atoms with Crippen LogP contribution in [-0.4, -0.2) is 37.2 Å². The van der Waals surface area contributed by atoms with Crippen molar-refractivity contribution in [1.29, 1.82) is 0 Å². The number of rotatable bonds is 41. The van der Waals surface area contributed by atoms with E-state index in [0.717, 1.165) is 77.0 Å². The quantitative estimate of drug-likeness (QED) is 0.0201. The smallest absolute Gasteiger partial charge is 0.306 e. The minimum atomic E-state index is -0.821. The first kappa shape index (κ1) is 56.1. The van der Waals surface area contributed by atoms with E-state index in [1.807, 2.05) is 60.8 Å². The van der Waals surface area contributed by atoms with Gasteiger partial charge in [0.05, 0.1) is 0 Å². The number of unbranched alkanes of at least 4 members (excludes halogenated alkanes) is 18. The Labute approximate surface area is 368 Å². The normalized spacial score (nSPS) is 13.1. The SMILES string of the molecule is CC\C=C/C=C\C=C/C=C\C=C\C=C/CCCCCC(=O)OCC(COC(=O)CCC/C=C\CCCCCC)OC(=O)CCCCC/C=C\C=C/CCCCCCCCC. The van der Waals surface area contributed by atoms with Gasteiger partial charge in [0.2, 0.25) is 0 Å². The Kier molecular flexibility index (Phi) is 44.6. The third-order valence-corrected chi connectivity index (χ3v) is 9.67. The highest BCUT2D eigenvalue weighted by atomic mass is 16.6. The zero-order chi connectivity index (χ0) is 43.7. The Morgan fingerprint density at radius 3 is 1.17 bits per heavy atom. The van der Waals surface area contributed by atoms with Crippen LogP contribution in [-0.2, 0) is 28.6 Å². The molecule has 0 aliphatic rings. The maximum Gasteiger partial charge on any atom is 0.306 e.